The maximum absolute atomic E-state index is 13.5. The highest BCUT2D eigenvalue weighted by atomic mass is 79.9. The first-order chi connectivity index (χ1) is 14.5. The third-order valence-corrected chi connectivity index (χ3v) is 5.70. The summed E-state index contributed by atoms with van der Waals surface area (Å²) >= 11 is 3.36. The number of benzene rings is 1. The summed E-state index contributed by atoms with van der Waals surface area (Å²) in [5.74, 6) is -1.14. The van der Waals surface area contributed by atoms with Gasteiger partial charge >= 0.3 is 6.18 Å². The second kappa shape index (κ2) is 8.78. The normalized spacial score (nSPS) is 17.0. The molecule has 1 saturated heterocycles. The van der Waals surface area contributed by atoms with Crippen molar-refractivity contribution in [3.8, 4) is 5.88 Å². The third kappa shape index (κ3) is 4.95. The van der Waals surface area contributed by atoms with Gasteiger partial charge in [0.15, 0.2) is 0 Å². The monoisotopic (exact) mass is 498 g/mol. The maximum Gasteiger partial charge on any atom is 0.417 e. The standard InChI is InChI=1S/C21H22BrF3N4O2/c1-12-10-29(11-13(2)28(12)3)18-6-5-14(22)7-17(18)27-20(30)15-9-26-19(31-4)8-16(15)21(23,24)25/h5-9,13H,1,10-11H2,2-4H3,(H,27,30)/t13-/m1/s1. The highest BCUT2D eigenvalue weighted by Gasteiger charge is 2.36. The van der Waals surface area contributed by atoms with Crippen molar-refractivity contribution in [3.63, 3.8) is 0 Å². The Kier molecular flexibility index (Phi) is 6.49. The lowest BCUT2D eigenvalue weighted by atomic mass is 10.1. The molecule has 0 bridgehead atoms. The molecule has 0 unspecified atom stereocenters. The van der Waals surface area contributed by atoms with E-state index in [0.717, 1.165) is 11.9 Å². The van der Waals surface area contributed by atoms with Gasteiger partial charge in [-0.3, -0.25) is 4.79 Å². The summed E-state index contributed by atoms with van der Waals surface area (Å²) in [4.78, 5) is 20.7. The minimum absolute atomic E-state index is 0.177. The first kappa shape index (κ1) is 22.9. The molecule has 0 aliphatic carbocycles. The maximum atomic E-state index is 13.5. The van der Waals surface area contributed by atoms with Gasteiger partial charge in [0.25, 0.3) is 5.91 Å². The summed E-state index contributed by atoms with van der Waals surface area (Å²) in [5, 5.41) is 2.62. The molecule has 1 amide bonds. The molecular formula is C21H22BrF3N4O2. The second-order valence-electron chi connectivity index (χ2n) is 7.29. The van der Waals surface area contributed by atoms with E-state index in [1.54, 1.807) is 6.07 Å². The molecule has 1 fully saturated rings. The Morgan fingerprint density at radius 3 is 2.68 bits per heavy atom. The van der Waals surface area contributed by atoms with Crippen molar-refractivity contribution in [1.82, 2.24) is 9.88 Å². The third-order valence-electron chi connectivity index (χ3n) is 5.20. The van der Waals surface area contributed by atoms with Crippen molar-refractivity contribution in [2.75, 3.05) is 37.5 Å². The number of methoxy groups -OCH3 is 1. The van der Waals surface area contributed by atoms with Crippen molar-refractivity contribution in [3.05, 3.63) is 58.3 Å². The molecule has 3 rings (SSSR count). The first-order valence-electron chi connectivity index (χ1n) is 9.39. The lowest BCUT2D eigenvalue weighted by Crippen LogP contribution is -2.48. The lowest BCUT2D eigenvalue weighted by molar-refractivity contribution is -0.138. The van der Waals surface area contributed by atoms with Crippen LogP contribution in [0, 0.1) is 0 Å². The van der Waals surface area contributed by atoms with Crippen molar-refractivity contribution in [2.24, 2.45) is 0 Å². The molecule has 1 aromatic carbocycles. The minimum Gasteiger partial charge on any atom is -0.481 e. The van der Waals surface area contributed by atoms with Gasteiger partial charge in [-0.25, -0.2) is 4.98 Å². The van der Waals surface area contributed by atoms with Crippen LogP contribution in [0.25, 0.3) is 0 Å². The van der Waals surface area contributed by atoms with Crippen LogP contribution in [0.15, 0.2) is 47.2 Å². The van der Waals surface area contributed by atoms with E-state index in [2.05, 4.69) is 37.7 Å². The Bertz CT molecular complexity index is 1010. The highest BCUT2D eigenvalue weighted by molar-refractivity contribution is 9.10. The Balaban J connectivity index is 1.96. The van der Waals surface area contributed by atoms with E-state index in [0.29, 0.717) is 35.0 Å². The van der Waals surface area contributed by atoms with Gasteiger partial charge in [-0.1, -0.05) is 22.5 Å². The van der Waals surface area contributed by atoms with Gasteiger partial charge < -0.3 is 19.9 Å². The van der Waals surface area contributed by atoms with Gasteiger partial charge in [0, 0.05) is 42.1 Å². The Morgan fingerprint density at radius 1 is 1.35 bits per heavy atom. The molecule has 2 heterocycles. The topological polar surface area (TPSA) is 57.7 Å². The number of likely N-dealkylation sites (N-methyl/N-ethyl adjacent to an activating group) is 1. The van der Waals surface area contributed by atoms with Crippen LogP contribution in [-0.2, 0) is 6.18 Å². The van der Waals surface area contributed by atoms with E-state index in [1.165, 1.54) is 7.11 Å². The number of alkyl halides is 3. The largest absolute Gasteiger partial charge is 0.481 e. The number of rotatable bonds is 4. The fraction of sp³-hybridized carbons (Fsp3) is 0.333. The Labute approximate surface area is 186 Å². The number of nitrogens with one attached hydrogen (secondary N) is 1. The Hall–Kier alpha value is -2.75. The smallest absolute Gasteiger partial charge is 0.417 e. The summed E-state index contributed by atoms with van der Waals surface area (Å²) in [6.45, 7) is 7.32. The van der Waals surface area contributed by atoms with Crippen molar-refractivity contribution in [2.45, 2.75) is 19.1 Å². The number of amides is 1. The minimum atomic E-state index is -4.74. The number of hydrogen-bond donors (Lipinski definition) is 1. The van der Waals surface area contributed by atoms with E-state index in [-0.39, 0.29) is 11.9 Å². The van der Waals surface area contributed by atoms with Gasteiger partial charge in [0.05, 0.1) is 36.2 Å². The Morgan fingerprint density at radius 2 is 2.06 bits per heavy atom. The van der Waals surface area contributed by atoms with Crippen molar-refractivity contribution >= 4 is 33.2 Å². The number of halogens is 4. The summed E-state index contributed by atoms with van der Waals surface area (Å²) in [6, 6.07) is 6.16. The van der Waals surface area contributed by atoms with Crippen LogP contribution in [0.3, 0.4) is 0 Å². The summed E-state index contributed by atoms with van der Waals surface area (Å²) in [5.41, 5.74) is 0.267. The first-order valence-corrected chi connectivity index (χ1v) is 10.2. The van der Waals surface area contributed by atoms with E-state index >= 15 is 0 Å². The van der Waals surface area contributed by atoms with Gasteiger partial charge in [0.2, 0.25) is 5.88 Å². The predicted molar refractivity (Wildman–Crippen MR) is 116 cm³/mol. The number of carbonyl (C=O) groups is 1. The molecule has 1 atom stereocenters. The number of piperazine rings is 1. The zero-order valence-electron chi connectivity index (χ0n) is 17.3. The number of anilines is 2. The fourth-order valence-corrected chi connectivity index (χ4v) is 3.73. The summed E-state index contributed by atoms with van der Waals surface area (Å²) in [6.07, 6.45) is -3.87. The quantitative estimate of drug-likeness (QED) is 0.657. The van der Waals surface area contributed by atoms with E-state index in [9.17, 15) is 18.0 Å². The predicted octanol–water partition coefficient (Wildman–Crippen LogP) is 4.78. The van der Waals surface area contributed by atoms with Crippen molar-refractivity contribution < 1.29 is 22.7 Å². The van der Waals surface area contributed by atoms with Crippen molar-refractivity contribution in [1.29, 1.82) is 0 Å². The number of aromatic nitrogens is 1. The molecule has 0 saturated carbocycles. The van der Waals surface area contributed by atoms with Crippen LogP contribution >= 0.6 is 15.9 Å². The van der Waals surface area contributed by atoms with Gasteiger partial charge in [0.1, 0.15) is 0 Å². The van der Waals surface area contributed by atoms with E-state index in [1.807, 2.05) is 31.0 Å². The molecule has 0 radical (unpaired) electrons. The van der Waals surface area contributed by atoms with E-state index < -0.39 is 23.2 Å². The zero-order valence-corrected chi connectivity index (χ0v) is 18.8. The highest BCUT2D eigenvalue weighted by Crippen LogP contribution is 2.36. The number of hydrogen-bond acceptors (Lipinski definition) is 5. The van der Waals surface area contributed by atoms with Crippen LogP contribution in [-0.4, -0.2) is 49.1 Å². The van der Waals surface area contributed by atoms with Crippen LogP contribution in [0.1, 0.15) is 22.8 Å². The van der Waals surface area contributed by atoms with Crippen LogP contribution in [0.4, 0.5) is 24.5 Å². The van der Waals surface area contributed by atoms with Crippen LogP contribution in [0.5, 0.6) is 5.88 Å². The molecule has 6 nitrogen and oxygen atoms in total. The van der Waals surface area contributed by atoms with Crippen LogP contribution in [0.2, 0.25) is 0 Å². The molecule has 0 spiro atoms. The lowest BCUT2D eigenvalue weighted by Gasteiger charge is -2.42. The summed E-state index contributed by atoms with van der Waals surface area (Å²) < 4.78 is 46.0. The molecule has 1 aliphatic heterocycles. The molecular weight excluding hydrogens is 477 g/mol. The molecule has 1 aromatic heterocycles. The van der Waals surface area contributed by atoms with Gasteiger partial charge in [-0.15, -0.1) is 0 Å². The molecule has 1 N–H and O–H groups in total. The molecule has 166 valence electrons. The van der Waals surface area contributed by atoms with E-state index in [4.69, 9.17) is 4.74 Å². The fourth-order valence-electron chi connectivity index (χ4n) is 3.37. The SMILES string of the molecule is C=C1CN(c2ccc(Br)cc2NC(=O)c2cnc(OC)cc2C(F)(F)F)C[C@@H](C)N1C. The number of ether oxygens (including phenoxy) is 1. The summed E-state index contributed by atoms with van der Waals surface area (Å²) in [7, 11) is 3.17. The van der Waals surface area contributed by atoms with Crippen LogP contribution < -0.4 is 15.0 Å². The molecule has 10 heteroatoms. The zero-order chi connectivity index (χ0) is 22.9. The number of nitrogens with zero attached hydrogens (tertiary/aromatic N) is 3. The number of carbonyl (C=O) groups excluding carboxylic acids is 1. The molecule has 1 aliphatic rings. The molecule has 31 heavy (non-hydrogen) atoms. The molecule has 2 aromatic rings. The number of pyridine rings is 1. The van der Waals surface area contributed by atoms with Gasteiger partial charge in [-0.2, -0.15) is 13.2 Å². The average Bonchev–Trinajstić information content (AvgIpc) is 2.70. The van der Waals surface area contributed by atoms with Gasteiger partial charge in [-0.05, 0) is 25.1 Å². The average molecular weight is 499 g/mol. The second-order valence-corrected chi connectivity index (χ2v) is 8.21.